The van der Waals surface area contributed by atoms with Crippen molar-refractivity contribution in [1.82, 2.24) is 15.3 Å². The van der Waals surface area contributed by atoms with Crippen LogP contribution in [-0.2, 0) is 6.42 Å². The highest BCUT2D eigenvalue weighted by Crippen LogP contribution is 2.38. The minimum atomic E-state index is -2.69. The van der Waals surface area contributed by atoms with Crippen molar-refractivity contribution in [2.75, 3.05) is 19.8 Å². The van der Waals surface area contributed by atoms with E-state index in [9.17, 15) is 13.6 Å². The fraction of sp³-hybridized carbons (Fsp3) is 0.263. The molecule has 1 aliphatic heterocycles. The normalized spacial score (nSPS) is 13.1. The fourth-order valence-corrected chi connectivity index (χ4v) is 3.29. The van der Waals surface area contributed by atoms with Gasteiger partial charge in [-0.15, -0.1) is 0 Å². The quantitative estimate of drug-likeness (QED) is 0.672. The lowest BCUT2D eigenvalue weighted by Crippen LogP contribution is -2.25. The molecular weight excluding hydrogens is 392 g/mol. The van der Waals surface area contributed by atoms with E-state index in [-0.39, 0.29) is 5.91 Å². The Morgan fingerprint density at radius 3 is 2.89 bits per heavy atom. The number of rotatable bonds is 5. The molecule has 0 saturated heterocycles. The van der Waals surface area contributed by atoms with E-state index in [4.69, 9.17) is 21.1 Å². The van der Waals surface area contributed by atoms with Crippen molar-refractivity contribution < 1.29 is 23.0 Å². The second-order valence-electron chi connectivity index (χ2n) is 6.26. The van der Waals surface area contributed by atoms with Gasteiger partial charge < -0.3 is 19.8 Å². The summed E-state index contributed by atoms with van der Waals surface area (Å²) < 4.78 is 36.5. The number of hydrogen-bond acceptors (Lipinski definition) is 4. The van der Waals surface area contributed by atoms with E-state index in [1.165, 1.54) is 12.1 Å². The number of nitrogens with zero attached hydrogens (tertiary/aromatic N) is 1. The molecule has 3 aromatic rings. The van der Waals surface area contributed by atoms with E-state index < -0.39 is 12.2 Å². The molecule has 146 valence electrons. The van der Waals surface area contributed by atoms with Gasteiger partial charge >= 0.3 is 0 Å². The molecule has 0 aliphatic carbocycles. The summed E-state index contributed by atoms with van der Waals surface area (Å²) >= 11 is 6.21. The van der Waals surface area contributed by atoms with Crippen molar-refractivity contribution in [3.05, 3.63) is 52.3 Å². The number of fused-ring (bicyclic) bond motifs is 2. The molecule has 1 amide bonds. The highest BCUT2D eigenvalue weighted by atomic mass is 35.5. The van der Waals surface area contributed by atoms with Crippen LogP contribution in [0.3, 0.4) is 0 Å². The van der Waals surface area contributed by atoms with Crippen LogP contribution >= 0.6 is 11.6 Å². The van der Waals surface area contributed by atoms with Crippen LogP contribution in [0.4, 0.5) is 8.78 Å². The Hall–Kier alpha value is -2.87. The van der Waals surface area contributed by atoms with E-state index >= 15 is 0 Å². The summed E-state index contributed by atoms with van der Waals surface area (Å²) in [6, 6.07) is 8.21. The highest BCUT2D eigenvalue weighted by Gasteiger charge is 2.17. The lowest BCUT2D eigenvalue weighted by atomic mass is 10.1. The minimum Gasteiger partial charge on any atom is -0.486 e. The van der Waals surface area contributed by atoms with E-state index in [1.54, 1.807) is 12.1 Å². The maximum Gasteiger partial charge on any atom is 0.295 e. The minimum absolute atomic E-state index is 0.307. The van der Waals surface area contributed by atoms with Crippen LogP contribution in [0.5, 0.6) is 11.5 Å². The number of carbonyl (C=O) groups is 1. The van der Waals surface area contributed by atoms with E-state index in [0.717, 1.165) is 5.56 Å². The monoisotopic (exact) mass is 407 g/mol. The smallest absolute Gasteiger partial charge is 0.295 e. The third-order valence-electron chi connectivity index (χ3n) is 4.32. The van der Waals surface area contributed by atoms with Crippen LogP contribution in [0.15, 0.2) is 30.3 Å². The van der Waals surface area contributed by atoms with Crippen LogP contribution in [0, 0.1) is 0 Å². The highest BCUT2D eigenvalue weighted by molar-refractivity contribution is 6.32. The summed E-state index contributed by atoms with van der Waals surface area (Å²) in [6.07, 6.45) is -2.15. The average Bonchev–Trinajstić information content (AvgIpc) is 3.12. The number of nitrogens with one attached hydrogen (secondary N) is 2. The first-order valence-corrected chi connectivity index (χ1v) is 9.03. The maximum atomic E-state index is 12.7. The average molecular weight is 408 g/mol. The van der Waals surface area contributed by atoms with Crippen molar-refractivity contribution in [3.8, 4) is 11.5 Å². The molecule has 0 unspecified atom stereocenters. The third kappa shape index (κ3) is 3.73. The van der Waals surface area contributed by atoms with E-state index in [0.29, 0.717) is 59.3 Å². The zero-order valence-electron chi connectivity index (χ0n) is 14.6. The Labute approximate surface area is 163 Å². The number of H-pyrrole nitrogens is 1. The molecule has 0 saturated carbocycles. The van der Waals surface area contributed by atoms with Crippen LogP contribution in [-0.4, -0.2) is 35.6 Å². The zero-order chi connectivity index (χ0) is 19.7. The molecule has 2 N–H and O–H groups in total. The van der Waals surface area contributed by atoms with Crippen LogP contribution < -0.4 is 14.8 Å². The molecule has 28 heavy (non-hydrogen) atoms. The van der Waals surface area contributed by atoms with Crippen LogP contribution in [0.2, 0.25) is 5.02 Å². The topological polar surface area (TPSA) is 76.2 Å². The summed E-state index contributed by atoms with van der Waals surface area (Å²) in [6.45, 7) is 1.30. The number of imidazole rings is 1. The van der Waals surface area contributed by atoms with Crippen LogP contribution in [0.1, 0.15) is 28.2 Å². The van der Waals surface area contributed by atoms with E-state index in [1.807, 2.05) is 6.07 Å². The van der Waals surface area contributed by atoms with Crippen molar-refractivity contribution >= 4 is 28.5 Å². The summed E-state index contributed by atoms with van der Waals surface area (Å²) in [5.41, 5.74) is 2.04. The summed E-state index contributed by atoms with van der Waals surface area (Å²) in [5, 5.41) is 3.28. The lowest BCUT2D eigenvalue weighted by Gasteiger charge is -2.20. The van der Waals surface area contributed by atoms with Gasteiger partial charge in [-0.1, -0.05) is 11.6 Å². The van der Waals surface area contributed by atoms with Gasteiger partial charge in [0, 0.05) is 12.1 Å². The lowest BCUT2D eigenvalue weighted by molar-refractivity contribution is 0.0954. The van der Waals surface area contributed by atoms with Crippen molar-refractivity contribution in [2.24, 2.45) is 0 Å². The van der Waals surface area contributed by atoms with Gasteiger partial charge in [0.25, 0.3) is 12.3 Å². The third-order valence-corrected chi connectivity index (χ3v) is 4.61. The Morgan fingerprint density at radius 1 is 1.25 bits per heavy atom. The molecule has 1 aromatic heterocycles. The molecule has 0 fully saturated rings. The second-order valence-corrected chi connectivity index (χ2v) is 6.67. The molecule has 2 aromatic carbocycles. The Balaban J connectivity index is 1.40. The largest absolute Gasteiger partial charge is 0.486 e. The Bertz CT molecular complexity index is 1040. The number of aromatic amines is 1. The van der Waals surface area contributed by atoms with Gasteiger partial charge in [-0.3, -0.25) is 4.79 Å². The van der Waals surface area contributed by atoms with Gasteiger partial charge in [-0.2, -0.15) is 0 Å². The number of amides is 1. The maximum absolute atomic E-state index is 12.7. The molecule has 6 nitrogen and oxygen atoms in total. The number of hydrogen-bond donors (Lipinski definition) is 2. The zero-order valence-corrected chi connectivity index (χ0v) is 15.4. The number of alkyl halides is 2. The predicted molar refractivity (Wildman–Crippen MR) is 99.5 cm³/mol. The first-order valence-electron chi connectivity index (χ1n) is 8.65. The first kappa shape index (κ1) is 18.5. The molecule has 2 heterocycles. The van der Waals surface area contributed by atoms with Crippen molar-refractivity contribution in [1.29, 1.82) is 0 Å². The van der Waals surface area contributed by atoms with Gasteiger partial charge in [-0.05, 0) is 42.3 Å². The molecular formula is C19H16ClF2N3O3. The van der Waals surface area contributed by atoms with Crippen molar-refractivity contribution in [3.63, 3.8) is 0 Å². The van der Waals surface area contributed by atoms with Gasteiger partial charge in [0.15, 0.2) is 17.3 Å². The number of carbonyl (C=O) groups excluding carboxylic acids is 1. The standard InChI is InChI=1S/C19H16ClF2N3O3/c20-12-7-10(8-15-16(12)28-6-5-27-15)3-4-23-19(26)11-1-2-13-14(9-11)25-18(24-13)17(21)22/h1-2,7-9,17H,3-6H2,(H,23,26)(H,24,25). The Kier molecular flexibility index (Phi) is 5.04. The summed E-state index contributed by atoms with van der Waals surface area (Å²) in [7, 11) is 0. The summed E-state index contributed by atoms with van der Waals surface area (Å²) in [4.78, 5) is 18.7. The molecule has 0 spiro atoms. The number of halogens is 3. The van der Waals surface area contributed by atoms with Crippen molar-refractivity contribution in [2.45, 2.75) is 12.8 Å². The number of benzene rings is 2. The van der Waals surface area contributed by atoms with Gasteiger partial charge in [0.1, 0.15) is 13.2 Å². The van der Waals surface area contributed by atoms with Gasteiger partial charge in [0.2, 0.25) is 0 Å². The molecule has 0 atom stereocenters. The van der Waals surface area contributed by atoms with Gasteiger partial charge in [-0.25, -0.2) is 13.8 Å². The van der Waals surface area contributed by atoms with Crippen LogP contribution in [0.25, 0.3) is 11.0 Å². The predicted octanol–water partition coefficient (Wildman–Crippen LogP) is 3.90. The molecule has 1 aliphatic rings. The summed E-state index contributed by atoms with van der Waals surface area (Å²) in [5.74, 6) is 0.415. The number of aromatic nitrogens is 2. The molecule has 0 bridgehead atoms. The first-order chi connectivity index (χ1) is 13.5. The molecule has 9 heteroatoms. The Morgan fingerprint density at radius 2 is 2.07 bits per heavy atom. The van der Waals surface area contributed by atoms with E-state index in [2.05, 4.69) is 15.3 Å². The SMILES string of the molecule is O=C(NCCc1cc(Cl)c2c(c1)OCCO2)c1ccc2nc(C(F)F)[nH]c2c1. The fourth-order valence-electron chi connectivity index (χ4n) is 3.00. The molecule has 0 radical (unpaired) electrons. The number of ether oxygens (including phenoxy) is 2. The molecule has 4 rings (SSSR count). The second kappa shape index (κ2) is 7.63. The van der Waals surface area contributed by atoms with Gasteiger partial charge in [0.05, 0.1) is 16.1 Å².